The Labute approximate surface area is 94.4 Å². The van der Waals surface area contributed by atoms with Crippen LogP contribution in [0.25, 0.3) is 0 Å². The Balaban J connectivity index is 1.96. The van der Waals surface area contributed by atoms with Crippen LogP contribution in [0.2, 0.25) is 0 Å². The molecule has 1 aliphatic rings. The van der Waals surface area contributed by atoms with E-state index in [0.29, 0.717) is 0 Å². The highest BCUT2D eigenvalue weighted by molar-refractivity contribution is 5.87. The molecule has 0 radical (unpaired) electrons. The number of alkyl halides is 3. The molecule has 1 heterocycles. The maximum atomic E-state index is 12.5. The molecule has 0 bridgehead atoms. The molecule has 2 N–H and O–H groups in total. The van der Waals surface area contributed by atoms with Gasteiger partial charge in [0.25, 0.3) is 0 Å². The lowest BCUT2D eigenvalue weighted by molar-refractivity contribution is -0.166. The second-order valence-electron chi connectivity index (χ2n) is 4.04. The van der Waals surface area contributed by atoms with Gasteiger partial charge >= 0.3 is 12.1 Å². The molecule has 0 unspecified atom stereocenters. The number of rotatable bonds is 4. The van der Waals surface area contributed by atoms with E-state index in [1.165, 1.54) is 6.07 Å². The molecule has 0 aliphatic heterocycles. The Bertz CT molecular complexity index is 434. The number of aromatic carboxylic acids is 1. The van der Waals surface area contributed by atoms with Gasteiger partial charge in [0.15, 0.2) is 0 Å². The fourth-order valence-electron chi connectivity index (χ4n) is 1.53. The van der Waals surface area contributed by atoms with E-state index in [2.05, 4.69) is 5.32 Å². The second kappa shape index (κ2) is 3.76. The first-order chi connectivity index (χ1) is 7.84. The van der Waals surface area contributed by atoms with Gasteiger partial charge in [0.05, 0.1) is 12.1 Å². The smallest absolute Gasteiger partial charge is 0.406 e. The fraction of sp³-hybridized carbons (Fsp3) is 0.500. The topological polar surface area (TPSA) is 62.5 Å². The van der Waals surface area contributed by atoms with Gasteiger partial charge in [-0.15, -0.1) is 0 Å². The molecule has 2 rings (SSSR count). The van der Waals surface area contributed by atoms with E-state index in [-0.39, 0.29) is 30.7 Å². The molecule has 4 nitrogen and oxygen atoms in total. The Hall–Kier alpha value is -1.50. The first-order valence-corrected chi connectivity index (χ1v) is 4.96. The maximum Gasteiger partial charge on any atom is 0.406 e. The zero-order valence-electron chi connectivity index (χ0n) is 8.67. The zero-order valence-corrected chi connectivity index (χ0v) is 8.67. The normalized spacial score (nSPS) is 18.1. The summed E-state index contributed by atoms with van der Waals surface area (Å²) in [5.41, 5.74) is -1.89. The number of carboxylic acid groups (broad SMARTS) is 1. The van der Waals surface area contributed by atoms with Gasteiger partial charge in [-0.2, -0.15) is 13.2 Å². The van der Waals surface area contributed by atoms with Gasteiger partial charge in [0.1, 0.15) is 17.6 Å². The van der Waals surface area contributed by atoms with E-state index in [4.69, 9.17) is 9.52 Å². The van der Waals surface area contributed by atoms with Crippen LogP contribution in [0.1, 0.15) is 29.0 Å². The van der Waals surface area contributed by atoms with Gasteiger partial charge in [-0.25, -0.2) is 4.79 Å². The van der Waals surface area contributed by atoms with Crippen LogP contribution in [0.4, 0.5) is 13.2 Å². The van der Waals surface area contributed by atoms with Crippen molar-refractivity contribution in [1.82, 2.24) is 5.32 Å². The number of halogens is 3. The van der Waals surface area contributed by atoms with Crippen molar-refractivity contribution in [3.63, 3.8) is 0 Å². The highest BCUT2D eigenvalue weighted by Gasteiger charge is 2.63. The summed E-state index contributed by atoms with van der Waals surface area (Å²) in [5, 5.41) is 11.0. The van der Waals surface area contributed by atoms with E-state index in [1.807, 2.05) is 0 Å². The molecule has 0 amide bonds. The van der Waals surface area contributed by atoms with Gasteiger partial charge in [-0.3, -0.25) is 5.32 Å². The molecule has 0 saturated heterocycles. The molecule has 94 valence electrons. The minimum atomic E-state index is -4.28. The van der Waals surface area contributed by atoms with E-state index < -0.39 is 17.7 Å². The first-order valence-electron chi connectivity index (χ1n) is 4.96. The molecular weight excluding hydrogens is 239 g/mol. The van der Waals surface area contributed by atoms with Crippen molar-refractivity contribution >= 4 is 5.97 Å². The van der Waals surface area contributed by atoms with Gasteiger partial charge in [0.2, 0.25) is 0 Å². The van der Waals surface area contributed by atoms with Crippen LogP contribution in [-0.4, -0.2) is 22.8 Å². The summed E-state index contributed by atoms with van der Waals surface area (Å²) in [5.74, 6) is -0.991. The largest absolute Gasteiger partial charge is 0.478 e. The third-order valence-corrected chi connectivity index (χ3v) is 2.79. The van der Waals surface area contributed by atoms with Crippen molar-refractivity contribution < 1.29 is 27.5 Å². The minimum Gasteiger partial charge on any atom is -0.478 e. The summed E-state index contributed by atoms with van der Waals surface area (Å²) >= 11 is 0. The highest BCUT2D eigenvalue weighted by atomic mass is 19.4. The molecule has 1 aromatic heterocycles. The molecule has 0 atom stereocenters. The second-order valence-corrected chi connectivity index (χ2v) is 4.04. The molecule has 7 heteroatoms. The summed E-state index contributed by atoms with van der Waals surface area (Å²) in [7, 11) is 0. The van der Waals surface area contributed by atoms with E-state index in [0.717, 1.165) is 6.26 Å². The van der Waals surface area contributed by atoms with Gasteiger partial charge in [-0.05, 0) is 18.9 Å². The van der Waals surface area contributed by atoms with Crippen LogP contribution in [0, 0.1) is 0 Å². The summed E-state index contributed by atoms with van der Waals surface area (Å²) in [6, 6.07) is 1.21. The first kappa shape index (κ1) is 12.0. The van der Waals surface area contributed by atoms with Crippen LogP contribution in [0.15, 0.2) is 16.7 Å². The standard InChI is InChI=1S/C10H10F3NO3/c11-10(12,13)9(1-2-9)14-4-7-3-6(5-17-7)8(15)16/h3,5,14H,1-2,4H2,(H,15,16). The average Bonchev–Trinajstić information content (AvgIpc) is 2.86. The number of hydrogen-bond acceptors (Lipinski definition) is 3. The third kappa shape index (κ3) is 2.28. The average molecular weight is 249 g/mol. The molecule has 1 aromatic rings. The number of carbonyl (C=O) groups is 1. The molecular formula is C10H10F3NO3. The Morgan fingerprint density at radius 3 is 2.59 bits per heavy atom. The van der Waals surface area contributed by atoms with Gasteiger partial charge in [-0.1, -0.05) is 0 Å². The molecule has 17 heavy (non-hydrogen) atoms. The molecule has 1 aliphatic carbocycles. The van der Waals surface area contributed by atoms with Crippen molar-refractivity contribution in [1.29, 1.82) is 0 Å². The molecule has 0 aromatic carbocycles. The van der Waals surface area contributed by atoms with E-state index >= 15 is 0 Å². The van der Waals surface area contributed by atoms with Crippen molar-refractivity contribution in [2.24, 2.45) is 0 Å². The summed E-state index contributed by atoms with van der Waals surface area (Å²) in [4.78, 5) is 10.5. The quantitative estimate of drug-likeness (QED) is 0.858. The van der Waals surface area contributed by atoms with Crippen LogP contribution in [-0.2, 0) is 6.54 Å². The predicted octanol–water partition coefficient (Wildman–Crippen LogP) is 2.16. The summed E-state index contributed by atoms with van der Waals surface area (Å²) in [6.07, 6.45) is -3.19. The fourth-order valence-corrected chi connectivity index (χ4v) is 1.53. The lowest BCUT2D eigenvalue weighted by Gasteiger charge is -2.19. The molecule has 1 fully saturated rings. The van der Waals surface area contributed by atoms with Crippen molar-refractivity contribution in [3.8, 4) is 0 Å². The maximum absolute atomic E-state index is 12.5. The molecule has 0 spiro atoms. The van der Waals surface area contributed by atoms with Gasteiger partial charge < -0.3 is 9.52 Å². The number of nitrogens with one attached hydrogen (secondary N) is 1. The Kier molecular flexibility index (Phi) is 2.65. The van der Waals surface area contributed by atoms with Crippen LogP contribution < -0.4 is 5.32 Å². The minimum absolute atomic E-state index is 0.0446. The van der Waals surface area contributed by atoms with Crippen LogP contribution in [0.3, 0.4) is 0 Å². The SMILES string of the molecule is O=C(O)c1coc(CNC2(C(F)(F)F)CC2)c1. The van der Waals surface area contributed by atoms with Crippen molar-refractivity contribution in [3.05, 3.63) is 23.7 Å². The van der Waals surface area contributed by atoms with Crippen LogP contribution >= 0.6 is 0 Å². The monoisotopic (exact) mass is 249 g/mol. The summed E-state index contributed by atoms with van der Waals surface area (Å²) < 4.78 is 42.5. The van der Waals surface area contributed by atoms with Crippen molar-refractivity contribution in [2.75, 3.05) is 0 Å². The Morgan fingerprint density at radius 2 is 2.18 bits per heavy atom. The molecule has 1 saturated carbocycles. The van der Waals surface area contributed by atoms with E-state index in [9.17, 15) is 18.0 Å². The number of carboxylic acids is 1. The lowest BCUT2D eigenvalue weighted by atomic mass is 10.2. The van der Waals surface area contributed by atoms with Gasteiger partial charge in [0, 0.05) is 0 Å². The lowest BCUT2D eigenvalue weighted by Crippen LogP contribution is -2.44. The zero-order chi connectivity index (χ0) is 12.7. The van der Waals surface area contributed by atoms with Crippen molar-refractivity contribution in [2.45, 2.75) is 31.1 Å². The third-order valence-electron chi connectivity index (χ3n) is 2.79. The predicted molar refractivity (Wildman–Crippen MR) is 50.5 cm³/mol. The highest BCUT2D eigenvalue weighted by Crippen LogP contribution is 2.49. The number of furan rings is 1. The summed E-state index contributed by atoms with van der Waals surface area (Å²) in [6.45, 7) is -0.132. The Morgan fingerprint density at radius 1 is 1.53 bits per heavy atom. The van der Waals surface area contributed by atoms with Crippen LogP contribution in [0.5, 0.6) is 0 Å². The van der Waals surface area contributed by atoms with E-state index in [1.54, 1.807) is 0 Å². The number of hydrogen-bond donors (Lipinski definition) is 2.